The van der Waals surface area contributed by atoms with Gasteiger partial charge in [-0.3, -0.25) is 4.79 Å². The van der Waals surface area contributed by atoms with E-state index < -0.39 is 41.2 Å². The summed E-state index contributed by atoms with van der Waals surface area (Å²) < 4.78 is 23.2. The molecule has 10 atom stereocenters. The summed E-state index contributed by atoms with van der Waals surface area (Å²) in [4.78, 5) is 28.4. The molecule has 1 aromatic carbocycles. The number of aliphatic hydroxyl groups excluding tert-OH is 2. The second-order valence-corrected chi connectivity index (χ2v) is 13.7. The lowest BCUT2D eigenvalue weighted by atomic mass is 9.36. The number of ether oxygens (including phenoxy) is 4. The Bertz CT molecular complexity index is 1270. The van der Waals surface area contributed by atoms with Gasteiger partial charge in [0.25, 0.3) is 0 Å². The molecule has 41 heavy (non-hydrogen) atoms. The number of hydrogen-bond donors (Lipinski definition) is 2. The first-order valence-corrected chi connectivity index (χ1v) is 14.7. The van der Waals surface area contributed by atoms with Crippen LogP contribution in [-0.4, -0.2) is 85.8 Å². The lowest BCUT2D eigenvalue weighted by molar-refractivity contribution is -0.303. The molecule has 9 nitrogen and oxygen atoms in total. The van der Waals surface area contributed by atoms with Gasteiger partial charge in [-0.15, -0.1) is 0 Å². The monoisotopic (exact) mass is 569 g/mol. The number of methoxy groups -OCH3 is 2. The van der Waals surface area contributed by atoms with Gasteiger partial charge in [-0.1, -0.05) is 13.5 Å². The molecule has 1 spiro atoms. The van der Waals surface area contributed by atoms with Crippen LogP contribution in [-0.2, 0) is 14.3 Å². The summed E-state index contributed by atoms with van der Waals surface area (Å²) in [6.45, 7) is 9.47. The van der Waals surface area contributed by atoms with Crippen LogP contribution >= 0.6 is 0 Å². The molecule has 1 saturated heterocycles. The number of esters is 2. The molecular weight excluding hydrogens is 526 g/mol. The molecule has 5 aliphatic rings. The average Bonchev–Trinajstić information content (AvgIpc) is 3.09. The zero-order valence-corrected chi connectivity index (χ0v) is 24.7. The molecule has 0 amide bonds. The highest BCUT2D eigenvalue weighted by molar-refractivity contribution is 5.90. The van der Waals surface area contributed by atoms with E-state index in [9.17, 15) is 19.8 Å². The SMILES string of the molecule is C=C1[C@@H]2C[C@H](O)[C@@H]3[C@](C2)(C[C@@H](O)[C@@H]2[C@@]4(C)CC[C@H](OC(C)=O)[C@]23CN(C)C4)[C@@H]1OC(=O)c1ccc(OC)c(OC)c1. The van der Waals surface area contributed by atoms with Crippen molar-refractivity contribution in [3.05, 3.63) is 35.9 Å². The van der Waals surface area contributed by atoms with Gasteiger partial charge >= 0.3 is 11.9 Å². The number of likely N-dealkylation sites (tertiary alicyclic amines) is 1. The molecule has 1 aliphatic heterocycles. The Labute approximate surface area is 241 Å². The predicted molar refractivity (Wildman–Crippen MR) is 149 cm³/mol. The molecule has 224 valence electrons. The summed E-state index contributed by atoms with van der Waals surface area (Å²) >= 11 is 0. The van der Waals surface area contributed by atoms with E-state index in [-0.39, 0.29) is 29.1 Å². The van der Waals surface area contributed by atoms with Gasteiger partial charge in [-0.05, 0) is 74.3 Å². The number of hydrogen-bond acceptors (Lipinski definition) is 9. The Morgan fingerprint density at radius 3 is 2.44 bits per heavy atom. The van der Waals surface area contributed by atoms with Gasteiger partial charge in [-0.2, -0.15) is 0 Å². The maximum absolute atomic E-state index is 13.7. The number of nitrogens with zero attached hydrogens (tertiary/aromatic N) is 1. The summed E-state index contributed by atoms with van der Waals surface area (Å²) in [7, 11) is 5.12. The maximum atomic E-state index is 13.7. The second kappa shape index (κ2) is 9.71. The van der Waals surface area contributed by atoms with Gasteiger partial charge in [0.2, 0.25) is 0 Å². The first-order chi connectivity index (χ1) is 19.4. The predicted octanol–water partition coefficient (Wildman–Crippen LogP) is 3.22. The maximum Gasteiger partial charge on any atom is 0.338 e. The summed E-state index contributed by atoms with van der Waals surface area (Å²) in [5.41, 5.74) is -0.543. The summed E-state index contributed by atoms with van der Waals surface area (Å²) in [5, 5.41) is 24.1. The third kappa shape index (κ3) is 3.98. The van der Waals surface area contributed by atoms with Gasteiger partial charge in [0.1, 0.15) is 12.2 Å². The van der Waals surface area contributed by atoms with Crippen LogP contribution in [0.2, 0.25) is 0 Å². The Balaban J connectivity index is 1.45. The highest BCUT2D eigenvalue weighted by Gasteiger charge is 2.77. The Morgan fingerprint density at radius 2 is 1.76 bits per heavy atom. The topological polar surface area (TPSA) is 115 Å². The van der Waals surface area contributed by atoms with Gasteiger partial charge in [0.15, 0.2) is 11.5 Å². The van der Waals surface area contributed by atoms with E-state index in [2.05, 4.69) is 25.5 Å². The van der Waals surface area contributed by atoms with Crippen LogP contribution in [0.25, 0.3) is 0 Å². The number of carbonyl (C=O) groups is 2. The van der Waals surface area contributed by atoms with Crippen molar-refractivity contribution in [2.75, 3.05) is 34.4 Å². The van der Waals surface area contributed by atoms with Crippen LogP contribution in [0.5, 0.6) is 11.5 Å². The highest BCUT2D eigenvalue weighted by Crippen LogP contribution is 2.74. The lowest BCUT2D eigenvalue weighted by Crippen LogP contribution is -2.77. The summed E-state index contributed by atoms with van der Waals surface area (Å²) in [6, 6.07) is 4.90. The smallest absolute Gasteiger partial charge is 0.338 e. The Hall–Kier alpha value is -2.62. The van der Waals surface area contributed by atoms with Crippen molar-refractivity contribution in [2.45, 2.75) is 70.4 Å². The average molecular weight is 570 g/mol. The highest BCUT2D eigenvalue weighted by atomic mass is 16.6. The van der Waals surface area contributed by atoms with Crippen molar-refractivity contribution in [3.63, 3.8) is 0 Å². The minimum absolute atomic E-state index is 0.0342. The summed E-state index contributed by atoms with van der Waals surface area (Å²) in [5.74, 6) is -0.505. The molecule has 1 heterocycles. The minimum Gasteiger partial charge on any atom is -0.493 e. The van der Waals surface area contributed by atoms with Crippen LogP contribution in [0.4, 0.5) is 0 Å². The fraction of sp³-hybridized carbons (Fsp3) is 0.688. The third-order valence-electron chi connectivity index (χ3n) is 11.3. The first kappa shape index (κ1) is 28.5. The van der Waals surface area contributed by atoms with Gasteiger partial charge in [-0.25, -0.2) is 4.79 Å². The van der Waals surface area contributed by atoms with Crippen molar-refractivity contribution in [1.82, 2.24) is 4.90 Å². The van der Waals surface area contributed by atoms with Crippen molar-refractivity contribution in [1.29, 1.82) is 0 Å². The van der Waals surface area contributed by atoms with E-state index in [1.807, 2.05) is 0 Å². The zero-order chi connectivity index (χ0) is 29.5. The van der Waals surface area contributed by atoms with Crippen molar-refractivity contribution >= 4 is 11.9 Å². The van der Waals surface area contributed by atoms with Crippen molar-refractivity contribution in [2.24, 2.45) is 34.0 Å². The van der Waals surface area contributed by atoms with Gasteiger partial charge < -0.3 is 34.1 Å². The number of aliphatic hydroxyl groups is 2. The molecule has 9 heteroatoms. The molecule has 4 aliphatic carbocycles. The van der Waals surface area contributed by atoms with Crippen LogP contribution in [0.3, 0.4) is 0 Å². The van der Waals surface area contributed by atoms with Gasteiger partial charge in [0, 0.05) is 42.7 Å². The molecule has 0 unspecified atom stereocenters. The molecular formula is C32H43NO8. The van der Waals surface area contributed by atoms with E-state index in [0.717, 1.165) is 18.5 Å². The van der Waals surface area contributed by atoms with E-state index in [1.54, 1.807) is 18.2 Å². The van der Waals surface area contributed by atoms with Gasteiger partial charge in [0.05, 0.1) is 32.0 Å². The molecule has 6 rings (SSSR count). The normalized spacial score (nSPS) is 43.0. The fourth-order valence-corrected chi connectivity index (χ4v) is 10.6. The van der Waals surface area contributed by atoms with Crippen LogP contribution < -0.4 is 9.47 Å². The summed E-state index contributed by atoms with van der Waals surface area (Å²) in [6.07, 6.45) is 0.489. The molecule has 4 bridgehead atoms. The van der Waals surface area contributed by atoms with E-state index in [4.69, 9.17) is 18.9 Å². The molecule has 4 saturated carbocycles. The minimum atomic E-state index is -0.740. The van der Waals surface area contributed by atoms with Crippen LogP contribution in [0, 0.1) is 34.0 Å². The van der Waals surface area contributed by atoms with E-state index >= 15 is 0 Å². The number of fused-ring (bicyclic) bond motifs is 1. The first-order valence-electron chi connectivity index (χ1n) is 14.7. The molecule has 1 aromatic rings. The third-order valence-corrected chi connectivity index (χ3v) is 11.3. The standard InChI is InChI=1S/C32H43NO8/c1-17-20-11-21(35)27-31(13-20,28(17)41-29(37)19-7-8-23(38-5)24(12-19)39-6)14-22(36)26-30(3)10-9-25(40-18(2)34)32(26,27)16-33(4)15-30/h7-8,12,20-22,25-28,35-36H,1,9-11,13-16H2,2-6H3/t20-,21+,22-,25+,26-,27-,28-,30+,31+,32-/m1/s1. The molecule has 0 radical (unpaired) electrons. The number of rotatable bonds is 5. The second-order valence-electron chi connectivity index (χ2n) is 13.7. The molecule has 5 fully saturated rings. The largest absolute Gasteiger partial charge is 0.493 e. The number of benzene rings is 1. The number of piperidine rings is 1. The molecule has 0 aromatic heterocycles. The Morgan fingerprint density at radius 1 is 1.02 bits per heavy atom. The Kier molecular flexibility index (Phi) is 6.75. The quantitative estimate of drug-likeness (QED) is 0.408. The van der Waals surface area contributed by atoms with Crippen molar-refractivity contribution < 1.29 is 38.7 Å². The molecule has 2 N–H and O–H groups in total. The number of carbonyl (C=O) groups excluding carboxylic acids is 2. The lowest BCUT2D eigenvalue weighted by Gasteiger charge is -2.72. The van der Waals surface area contributed by atoms with Crippen LogP contribution in [0.15, 0.2) is 30.4 Å². The van der Waals surface area contributed by atoms with E-state index in [0.29, 0.717) is 49.3 Å². The zero-order valence-electron chi connectivity index (χ0n) is 24.7. The fourth-order valence-electron chi connectivity index (χ4n) is 10.6. The van der Waals surface area contributed by atoms with E-state index in [1.165, 1.54) is 21.1 Å². The van der Waals surface area contributed by atoms with Crippen LogP contribution in [0.1, 0.15) is 56.3 Å². The van der Waals surface area contributed by atoms with Crippen molar-refractivity contribution in [3.8, 4) is 11.5 Å².